The van der Waals surface area contributed by atoms with Crippen LogP contribution in [0.1, 0.15) is 19.8 Å². The number of hydrogen-bond donors (Lipinski definition) is 0. The lowest BCUT2D eigenvalue weighted by Gasteiger charge is -2.30. The van der Waals surface area contributed by atoms with Gasteiger partial charge in [0, 0.05) is 5.92 Å². The van der Waals surface area contributed by atoms with Crippen LogP contribution in [0.2, 0.25) is 0 Å². The first kappa shape index (κ1) is 11.8. The molecule has 3 nitrogen and oxygen atoms in total. The van der Waals surface area contributed by atoms with Crippen LogP contribution >= 0.6 is 46.0 Å². The minimum atomic E-state index is 0.302. The van der Waals surface area contributed by atoms with E-state index >= 15 is 0 Å². The van der Waals surface area contributed by atoms with E-state index in [1.807, 2.05) is 46.0 Å². The van der Waals surface area contributed by atoms with Crippen molar-refractivity contribution in [1.82, 2.24) is 0 Å². The Kier molecular flexibility index (Phi) is 4.32. The molecule has 2 rings (SSSR count). The van der Waals surface area contributed by atoms with Crippen LogP contribution in [0.15, 0.2) is 0 Å². The van der Waals surface area contributed by atoms with E-state index < -0.39 is 0 Å². The highest BCUT2D eigenvalue weighted by atomic mass is 127. The van der Waals surface area contributed by atoms with Crippen LogP contribution in [-0.2, 0) is 10.9 Å². The SMILES string of the molecule is CCC1CC(COI)C2OC2C1OI. The number of rotatable bonds is 4. The molecule has 14 heavy (non-hydrogen) atoms. The van der Waals surface area contributed by atoms with Crippen molar-refractivity contribution >= 4 is 46.0 Å². The van der Waals surface area contributed by atoms with Crippen LogP contribution in [-0.4, -0.2) is 24.9 Å². The predicted octanol–water partition coefficient (Wildman–Crippen LogP) is 2.90. The summed E-state index contributed by atoms with van der Waals surface area (Å²) in [5.41, 5.74) is 0. The Labute approximate surface area is 113 Å². The van der Waals surface area contributed by atoms with Gasteiger partial charge < -0.3 is 10.9 Å². The first-order chi connectivity index (χ1) is 6.81. The summed E-state index contributed by atoms with van der Waals surface area (Å²) in [6, 6.07) is 0. The summed E-state index contributed by atoms with van der Waals surface area (Å²) >= 11 is 3.97. The van der Waals surface area contributed by atoms with Crippen LogP contribution in [0.4, 0.5) is 0 Å². The van der Waals surface area contributed by atoms with Crippen molar-refractivity contribution in [1.29, 1.82) is 0 Å². The van der Waals surface area contributed by atoms with Gasteiger partial charge in [-0.15, -0.1) is 0 Å². The van der Waals surface area contributed by atoms with E-state index in [0.717, 1.165) is 13.0 Å². The molecular formula is C9H14I2O3. The van der Waals surface area contributed by atoms with Gasteiger partial charge in [0.15, 0.2) is 0 Å². The molecule has 0 spiro atoms. The predicted molar refractivity (Wildman–Crippen MR) is 69.4 cm³/mol. The molecule has 5 heteroatoms. The Morgan fingerprint density at radius 3 is 2.64 bits per heavy atom. The van der Waals surface area contributed by atoms with Crippen molar-refractivity contribution in [3.05, 3.63) is 0 Å². The van der Waals surface area contributed by atoms with E-state index in [1.165, 1.54) is 6.42 Å². The first-order valence-corrected chi connectivity index (χ1v) is 6.74. The molecule has 1 aliphatic heterocycles. The molecule has 0 N–H and O–H groups in total. The Morgan fingerprint density at radius 2 is 2.07 bits per heavy atom. The van der Waals surface area contributed by atoms with E-state index in [2.05, 4.69) is 6.92 Å². The number of halogens is 2. The molecule has 0 radical (unpaired) electrons. The minimum absolute atomic E-state index is 0.302. The molecule has 0 aromatic carbocycles. The smallest absolute Gasteiger partial charge is 0.112 e. The lowest BCUT2D eigenvalue weighted by Crippen LogP contribution is -2.37. The summed E-state index contributed by atoms with van der Waals surface area (Å²) < 4.78 is 16.3. The summed E-state index contributed by atoms with van der Waals surface area (Å²) in [5, 5.41) is 0. The van der Waals surface area contributed by atoms with Gasteiger partial charge in [0.1, 0.15) is 58.2 Å². The van der Waals surface area contributed by atoms with Crippen LogP contribution < -0.4 is 0 Å². The monoisotopic (exact) mass is 424 g/mol. The van der Waals surface area contributed by atoms with E-state index in [9.17, 15) is 0 Å². The highest BCUT2D eigenvalue weighted by molar-refractivity contribution is 14.1. The third-order valence-electron chi connectivity index (χ3n) is 3.32. The van der Waals surface area contributed by atoms with Crippen molar-refractivity contribution in [3.63, 3.8) is 0 Å². The fourth-order valence-electron chi connectivity index (χ4n) is 2.47. The van der Waals surface area contributed by atoms with E-state index in [1.54, 1.807) is 0 Å². The third kappa shape index (κ3) is 2.21. The van der Waals surface area contributed by atoms with Gasteiger partial charge in [0.2, 0.25) is 0 Å². The normalized spacial score (nSPS) is 46.1. The molecule has 2 aliphatic rings. The standard InChI is InChI=1S/C9H14I2O3/c1-2-5-3-6(4-12-10)7-9(13-7)8(5)14-11/h5-9H,2-4H2,1H3. The highest BCUT2D eigenvalue weighted by Gasteiger charge is 2.56. The molecule has 2 fully saturated rings. The summed E-state index contributed by atoms with van der Waals surface area (Å²) in [6.45, 7) is 3.03. The van der Waals surface area contributed by atoms with Crippen molar-refractivity contribution in [2.75, 3.05) is 6.61 Å². The van der Waals surface area contributed by atoms with Gasteiger partial charge >= 0.3 is 0 Å². The van der Waals surface area contributed by atoms with Gasteiger partial charge in [0.05, 0.1) is 12.7 Å². The molecule has 82 valence electrons. The molecule has 0 amide bonds. The van der Waals surface area contributed by atoms with Gasteiger partial charge in [-0.05, 0) is 12.3 Å². The molecule has 5 unspecified atom stereocenters. The molecule has 0 bridgehead atoms. The second-order valence-corrected chi connectivity index (χ2v) is 5.19. The lowest BCUT2D eigenvalue weighted by molar-refractivity contribution is 0.112. The van der Waals surface area contributed by atoms with Gasteiger partial charge in [-0.1, -0.05) is 13.3 Å². The molecule has 0 aromatic rings. The number of ether oxygens (including phenoxy) is 1. The van der Waals surface area contributed by atoms with Crippen LogP contribution in [0, 0.1) is 11.8 Å². The molecule has 1 saturated carbocycles. The maximum Gasteiger partial charge on any atom is 0.112 e. The molecule has 1 aliphatic carbocycles. The first-order valence-electron chi connectivity index (χ1n) is 4.98. The summed E-state index contributed by atoms with van der Waals surface area (Å²) in [6.07, 6.45) is 3.37. The van der Waals surface area contributed by atoms with Gasteiger partial charge in [-0.25, -0.2) is 0 Å². The topological polar surface area (TPSA) is 31.0 Å². The second kappa shape index (κ2) is 5.11. The maximum absolute atomic E-state index is 5.67. The quantitative estimate of drug-likeness (QED) is 0.514. The van der Waals surface area contributed by atoms with Crippen molar-refractivity contribution in [2.24, 2.45) is 11.8 Å². The van der Waals surface area contributed by atoms with Gasteiger partial charge in [-0.3, -0.25) is 0 Å². The summed E-state index contributed by atoms with van der Waals surface area (Å²) in [4.78, 5) is 0. The van der Waals surface area contributed by atoms with E-state index in [-0.39, 0.29) is 0 Å². The maximum atomic E-state index is 5.67. The number of fused-ring (bicyclic) bond motifs is 1. The zero-order chi connectivity index (χ0) is 10.1. The molecule has 1 heterocycles. The third-order valence-corrected chi connectivity index (χ3v) is 4.27. The van der Waals surface area contributed by atoms with Crippen LogP contribution in [0.3, 0.4) is 0 Å². The van der Waals surface area contributed by atoms with Crippen LogP contribution in [0.5, 0.6) is 0 Å². The Hall–Kier alpha value is 1.34. The molecule has 0 aromatic heterocycles. The lowest BCUT2D eigenvalue weighted by atomic mass is 9.78. The Bertz CT molecular complexity index is 202. The van der Waals surface area contributed by atoms with Gasteiger partial charge in [-0.2, -0.15) is 0 Å². The molecule has 5 atom stereocenters. The largest absolute Gasteiger partial charge is 0.366 e. The zero-order valence-corrected chi connectivity index (χ0v) is 12.3. The summed E-state index contributed by atoms with van der Waals surface area (Å²) in [7, 11) is 0. The number of epoxide rings is 1. The Morgan fingerprint density at radius 1 is 1.29 bits per heavy atom. The highest BCUT2D eigenvalue weighted by Crippen LogP contribution is 2.46. The van der Waals surface area contributed by atoms with E-state index in [0.29, 0.717) is 30.1 Å². The van der Waals surface area contributed by atoms with E-state index in [4.69, 9.17) is 10.9 Å². The minimum Gasteiger partial charge on any atom is -0.366 e. The van der Waals surface area contributed by atoms with Crippen LogP contribution in [0.25, 0.3) is 0 Å². The second-order valence-electron chi connectivity index (χ2n) is 4.06. The zero-order valence-electron chi connectivity index (χ0n) is 7.99. The van der Waals surface area contributed by atoms with Gasteiger partial charge in [0.25, 0.3) is 0 Å². The number of hydrogen-bond acceptors (Lipinski definition) is 3. The van der Waals surface area contributed by atoms with Crippen molar-refractivity contribution in [2.45, 2.75) is 38.1 Å². The fourth-order valence-corrected chi connectivity index (χ4v) is 3.64. The average Bonchev–Trinajstić information content (AvgIpc) is 2.97. The summed E-state index contributed by atoms with van der Waals surface area (Å²) in [5.74, 6) is 1.21. The molecule has 1 saturated heterocycles. The fraction of sp³-hybridized carbons (Fsp3) is 1.00. The molecular weight excluding hydrogens is 410 g/mol. The van der Waals surface area contributed by atoms with Crippen molar-refractivity contribution in [3.8, 4) is 0 Å². The average molecular weight is 424 g/mol. The Balaban J connectivity index is 1.97. The van der Waals surface area contributed by atoms with Crippen molar-refractivity contribution < 1.29 is 10.9 Å².